The Morgan fingerprint density at radius 3 is 2.73 bits per heavy atom. The van der Waals surface area contributed by atoms with E-state index in [0.29, 0.717) is 0 Å². The number of methoxy groups -OCH3 is 1. The van der Waals surface area contributed by atoms with Gasteiger partial charge < -0.3 is 10.1 Å². The molecule has 1 heterocycles. The van der Waals surface area contributed by atoms with E-state index in [1.54, 1.807) is 0 Å². The highest BCUT2D eigenvalue weighted by atomic mass is 19.1. The van der Waals surface area contributed by atoms with Crippen LogP contribution in [0.25, 0.3) is 0 Å². The second kappa shape index (κ2) is 4.46. The van der Waals surface area contributed by atoms with Gasteiger partial charge in [0.1, 0.15) is 5.83 Å². The van der Waals surface area contributed by atoms with Crippen LogP contribution in [0.2, 0.25) is 0 Å². The maximum atomic E-state index is 13.0. The Kier molecular flexibility index (Phi) is 3.52. The summed E-state index contributed by atoms with van der Waals surface area (Å²) in [5.74, 6) is -0.0750. The molecule has 3 heteroatoms. The maximum Gasteiger partial charge on any atom is 0.125 e. The highest BCUT2D eigenvalue weighted by molar-refractivity contribution is 5.10. The Morgan fingerprint density at radius 1 is 1.55 bits per heavy atom. The zero-order valence-corrected chi connectivity index (χ0v) is 6.82. The summed E-state index contributed by atoms with van der Waals surface area (Å²) in [6, 6.07) is 0. The summed E-state index contributed by atoms with van der Waals surface area (Å²) in [4.78, 5) is 0. The molecule has 0 aromatic rings. The number of rotatable bonds is 2. The van der Waals surface area contributed by atoms with Crippen LogP contribution in [0, 0.1) is 0 Å². The van der Waals surface area contributed by atoms with Crippen molar-refractivity contribution in [2.24, 2.45) is 0 Å². The third-order valence-corrected chi connectivity index (χ3v) is 1.86. The predicted octanol–water partition coefficient (Wildman–Crippen LogP) is 1.24. The largest absolute Gasteiger partial charge is 0.378 e. The summed E-state index contributed by atoms with van der Waals surface area (Å²) in [7, 11) is 1.52. The molecule has 1 fully saturated rings. The molecule has 0 atom stereocenters. The molecule has 64 valence electrons. The van der Waals surface area contributed by atoms with E-state index in [1.165, 1.54) is 7.11 Å². The van der Waals surface area contributed by atoms with E-state index in [0.717, 1.165) is 31.5 Å². The third kappa shape index (κ3) is 2.60. The quantitative estimate of drug-likeness (QED) is 0.654. The average Bonchev–Trinajstić information content (AvgIpc) is 2.07. The smallest absolute Gasteiger partial charge is 0.125 e. The van der Waals surface area contributed by atoms with Gasteiger partial charge in [0.15, 0.2) is 0 Å². The van der Waals surface area contributed by atoms with Gasteiger partial charge in [0.05, 0.1) is 6.61 Å². The Hall–Kier alpha value is -0.410. The van der Waals surface area contributed by atoms with Crippen LogP contribution < -0.4 is 5.32 Å². The molecule has 1 saturated heterocycles. The molecule has 0 aromatic heterocycles. The van der Waals surface area contributed by atoms with Gasteiger partial charge in [-0.15, -0.1) is 0 Å². The summed E-state index contributed by atoms with van der Waals surface area (Å²) < 4.78 is 17.7. The molecule has 0 spiro atoms. The van der Waals surface area contributed by atoms with Gasteiger partial charge in [-0.3, -0.25) is 0 Å². The monoisotopic (exact) mass is 159 g/mol. The molecule has 1 rings (SSSR count). The first-order chi connectivity index (χ1) is 5.34. The van der Waals surface area contributed by atoms with Crippen LogP contribution in [-0.4, -0.2) is 26.8 Å². The maximum absolute atomic E-state index is 13.0. The number of ether oxygens (including phenoxy) is 1. The van der Waals surface area contributed by atoms with Crippen molar-refractivity contribution in [1.82, 2.24) is 5.32 Å². The second-order valence-corrected chi connectivity index (χ2v) is 2.69. The van der Waals surface area contributed by atoms with E-state index in [-0.39, 0.29) is 12.4 Å². The molecule has 2 nitrogen and oxygen atoms in total. The molecule has 1 N–H and O–H groups in total. The lowest BCUT2D eigenvalue weighted by Gasteiger charge is -2.15. The SMILES string of the molecule is COCC(F)=C1CCNCC1. The summed E-state index contributed by atoms with van der Waals surface area (Å²) in [5.41, 5.74) is 0.922. The lowest BCUT2D eigenvalue weighted by Crippen LogP contribution is -2.23. The average molecular weight is 159 g/mol. The Balaban J connectivity index is 2.46. The van der Waals surface area contributed by atoms with E-state index in [1.807, 2.05) is 0 Å². The molecule has 0 radical (unpaired) electrons. The zero-order valence-electron chi connectivity index (χ0n) is 6.82. The Labute approximate surface area is 66.4 Å². The van der Waals surface area contributed by atoms with Crippen LogP contribution in [0.15, 0.2) is 11.4 Å². The molecular formula is C8H14FNO. The molecular weight excluding hydrogens is 145 g/mol. The van der Waals surface area contributed by atoms with Gasteiger partial charge in [-0.25, -0.2) is 4.39 Å². The summed E-state index contributed by atoms with van der Waals surface area (Å²) >= 11 is 0. The summed E-state index contributed by atoms with van der Waals surface area (Å²) in [5, 5.41) is 3.17. The fraction of sp³-hybridized carbons (Fsp3) is 0.750. The van der Waals surface area contributed by atoms with Crippen molar-refractivity contribution >= 4 is 0 Å². The van der Waals surface area contributed by atoms with Gasteiger partial charge in [-0.05, 0) is 31.5 Å². The van der Waals surface area contributed by atoms with Gasteiger partial charge in [-0.2, -0.15) is 0 Å². The van der Waals surface area contributed by atoms with Crippen LogP contribution in [0.1, 0.15) is 12.8 Å². The lowest BCUT2D eigenvalue weighted by atomic mass is 10.1. The number of nitrogens with one attached hydrogen (secondary N) is 1. The van der Waals surface area contributed by atoms with Gasteiger partial charge >= 0.3 is 0 Å². The number of hydrogen-bond donors (Lipinski definition) is 1. The van der Waals surface area contributed by atoms with Crippen molar-refractivity contribution in [1.29, 1.82) is 0 Å². The van der Waals surface area contributed by atoms with E-state index < -0.39 is 0 Å². The normalized spacial score (nSPS) is 18.5. The number of halogens is 1. The number of piperidine rings is 1. The van der Waals surface area contributed by atoms with E-state index in [9.17, 15) is 4.39 Å². The molecule has 11 heavy (non-hydrogen) atoms. The van der Waals surface area contributed by atoms with Crippen molar-refractivity contribution in [3.8, 4) is 0 Å². The Morgan fingerprint density at radius 2 is 2.18 bits per heavy atom. The van der Waals surface area contributed by atoms with Gasteiger partial charge in [0.25, 0.3) is 0 Å². The third-order valence-electron chi connectivity index (χ3n) is 1.86. The van der Waals surface area contributed by atoms with E-state index in [2.05, 4.69) is 5.32 Å². The van der Waals surface area contributed by atoms with Crippen molar-refractivity contribution in [2.75, 3.05) is 26.8 Å². The van der Waals surface area contributed by atoms with Crippen molar-refractivity contribution in [3.05, 3.63) is 11.4 Å². The van der Waals surface area contributed by atoms with Gasteiger partial charge in [0.2, 0.25) is 0 Å². The second-order valence-electron chi connectivity index (χ2n) is 2.69. The molecule has 0 aromatic carbocycles. The minimum absolute atomic E-state index is 0.0750. The first kappa shape index (κ1) is 8.68. The first-order valence-corrected chi connectivity index (χ1v) is 3.90. The minimum Gasteiger partial charge on any atom is -0.378 e. The first-order valence-electron chi connectivity index (χ1n) is 3.90. The van der Waals surface area contributed by atoms with Crippen LogP contribution in [-0.2, 0) is 4.74 Å². The zero-order chi connectivity index (χ0) is 8.10. The van der Waals surface area contributed by atoms with Crippen LogP contribution >= 0.6 is 0 Å². The van der Waals surface area contributed by atoms with E-state index in [4.69, 9.17) is 4.74 Å². The standard InChI is InChI=1S/C8H14FNO/c1-11-6-8(9)7-2-4-10-5-3-7/h10H,2-6H2,1H3. The molecule has 0 unspecified atom stereocenters. The van der Waals surface area contributed by atoms with E-state index >= 15 is 0 Å². The fourth-order valence-corrected chi connectivity index (χ4v) is 1.23. The predicted molar refractivity (Wildman–Crippen MR) is 42.1 cm³/mol. The van der Waals surface area contributed by atoms with Crippen molar-refractivity contribution in [2.45, 2.75) is 12.8 Å². The van der Waals surface area contributed by atoms with Crippen molar-refractivity contribution in [3.63, 3.8) is 0 Å². The van der Waals surface area contributed by atoms with Crippen molar-refractivity contribution < 1.29 is 9.13 Å². The van der Waals surface area contributed by atoms with Crippen LogP contribution in [0.4, 0.5) is 4.39 Å². The molecule has 0 saturated carbocycles. The molecule has 0 aliphatic carbocycles. The van der Waals surface area contributed by atoms with Gasteiger partial charge in [-0.1, -0.05) is 0 Å². The topological polar surface area (TPSA) is 21.3 Å². The van der Waals surface area contributed by atoms with Crippen LogP contribution in [0.3, 0.4) is 0 Å². The van der Waals surface area contributed by atoms with Crippen LogP contribution in [0.5, 0.6) is 0 Å². The lowest BCUT2D eigenvalue weighted by molar-refractivity contribution is 0.203. The molecule has 0 amide bonds. The summed E-state index contributed by atoms with van der Waals surface area (Å²) in [6.07, 6.45) is 1.66. The molecule has 0 bridgehead atoms. The minimum atomic E-state index is -0.0750. The highest BCUT2D eigenvalue weighted by Crippen LogP contribution is 2.16. The Bertz CT molecular complexity index is 148. The summed E-state index contributed by atoms with van der Waals surface area (Å²) in [6.45, 7) is 1.92. The molecule has 1 aliphatic rings. The fourth-order valence-electron chi connectivity index (χ4n) is 1.23. The highest BCUT2D eigenvalue weighted by Gasteiger charge is 2.09. The van der Waals surface area contributed by atoms with Gasteiger partial charge in [0, 0.05) is 7.11 Å². The number of hydrogen-bond acceptors (Lipinski definition) is 2. The molecule has 1 aliphatic heterocycles.